The van der Waals surface area contributed by atoms with E-state index in [1.807, 2.05) is 6.92 Å². The summed E-state index contributed by atoms with van der Waals surface area (Å²) in [6, 6.07) is 0. The van der Waals surface area contributed by atoms with Gasteiger partial charge >= 0.3 is 5.63 Å². The van der Waals surface area contributed by atoms with E-state index in [-0.39, 0.29) is 51.7 Å². The summed E-state index contributed by atoms with van der Waals surface area (Å²) in [5.41, 5.74) is -1.03. The van der Waals surface area contributed by atoms with Crippen molar-refractivity contribution in [1.82, 2.24) is 0 Å². The second kappa shape index (κ2) is 8.37. The number of Topliss-reactive ketones (excluding diaryl/α,β-unsaturated/α-hetero) is 1. The van der Waals surface area contributed by atoms with Gasteiger partial charge in [-0.05, 0) is 39.3 Å². The first kappa shape index (κ1) is 23.4. The van der Waals surface area contributed by atoms with Crippen molar-refractivity contribution < 1.29 is 29.3 Å². The van der Waals surface area contributed by atoms with E-state index in [1.165, 1.54) is 0 Å². The summed E-state index contributed by atoms with van der Waals surface area (Å²) in [6.45, 7) is 10.6. The van der Waals surface area contributed by atoms with Gasteiger partial charge in [0.15, 0.2) is 5.78 Å². The quantitative estimate of drug-likeness (QED) is 0.558. The second-order valence-electron chi connectivity index (χ2n) is 8.80. The molecule has 0 fully saturated rings. The minimum atomic E-state index is -0.760. The maximum Gasteiger partial charge on any atom is 0.343 e. The molecule has 0 saturated carbocycles. The van der Waals surface area contributed by atoms with Crippen LogP contribution in [0.15, 0.2) is 15.3 Å². The van der Waals surface area contributed by atoms with E-state index in [4.69, 9.17) is 9.15 Å². The summed E-state index contributed by atoms with van der Waals surface area (Å²) in [7, 11) is 0. The number of hydrogen-bond donors (Lipinski definition) is 3. The smallest absolute Gasteiger partial charge is 0.343 e. The zero-order valence-corrected chi connectivity index (χ0v) is 19.3. The molecule has 1 aliphatic rings. The number of rotatable bonds is 6. The van der Waals surface area contributed by atoms with E-state index < -0.39 is 22.9 Å². The highest BCUT2D eigenvalue weighted by atomic mass is 16.5. The van der Waals surface area contributed by atoms with Gasteiger partial charge in [0.05, 0.1) is 11.1 Å². The van der Waals surface area contributed by atoms with Crippen LogP contribution >= 0.6 is 0 Å². The summed E-state index contributed by atoms with van der Waals surface area (Å²) in [6.07, 6.45) is 4.03. The van der Waals surface area contributed by atoms with Gasteiger partial charge in [-0.15, -0.1) is 0 Å². The molecule has 3 rings (SSSR count). The number of carbonyl (C=O) groups excluding carboxylic acids is 1. The second-order valence-corrected chi connectivity index (χ2v) is 8.80. The van der Waals surface area contributed by atoms with Crippen LogP contribution in [0.5, 0.6) is 23.0 Å². The zero-order valence-electron chi connectivity index (χ0n) is 19.3. The Morgan fingerprint density at radius 2 is 1.75 bits per heavy atom. The van der Waals surface area contributed by atoms with Crippen molar-refractivity contribution in [2.45, 2.75) is 66.4 Å². The van der Waals surface area contributed by atoms with Gasteiger partial charge in [0.25, 0.3) is 0 Å². The molecule has 7 heteroatoms. The first-order valence-corrected chi connectivity index (χ1v) is 10.8. The molecule has 0 saturated heterocycles. The van der Waals surface area contributed by atoms with Crippen molar-refractivity contribution in [2.24, 2.45) is 5.92 Å². The van der Waals surface area contributed by atoms with Gasteiger partial charge in [-0.3, -0.25) is 4.79 Å². The van der Waals surface area contributed by atoms with Gasteiger partial charge in [-0.2, -0.15) is 0 Å². The Morgan fingerprint density at radius 1 is 1.09 bits per heavy atom. The van der Waals surface area contributed by atoms with Crippen molar-refractivity contribution in [3.63, 3.8) is 0 Å². The van der Waals surface area contributed by atoms with Crippen molar-refractivity contribution in [3.05, 3.63) is 50.1 Å². The minimum Gasteiger partial charge on any atom is -0.507 e. The maximum atomic E-state index is 13.2. The Morgan fingerprint density at radius 3 is 2.34 bits per heavy atom. The molecule has 1 aromatic carbocycles. The Bertz CT molecular complexity index is 1170. The summed E-state index contributed by atoms with van der Waals surface area (Å²) < 4.78 is 11.3. The molecule has 0 aliphatic carbocycles. The molecular weight excluding hydrogens is 412 g/mol. The largest absolute Gasteiger partial charge is 0.507 e. The van der Waals surface area contributed by atoms with Crippen LogP contribution in [0.3, 0.4) is 0 Å². The van der Waals surface area contributed by atoms with Crippen molar-refractivity contribution in [1.29, 1.82) is 0 Å². The van der Waals surface area contributed by atoms with Gasteiger partial charge < -0.3 is 24.5 Å². The number of aromatic hydroxyl groups is 3. The van der Waals surface area contributed by atoms with Crippen LogP contribution in [-0.4, -0.2) is 26.7 Å². The van der Waals surface area contributed by atoms with E-state index in [0.717, 1.165) is 0 Å². The van der Waals surface area contributed by atoms with Gasteiger partial charge in [-0.25, -0.2) is 4.79 Å². The third-order valence-corrected chi connectivity index (χ3v) is 6.05. The number of benzene rings is 1. The fourth-order valence-corrected chi connectivity index (χ4v) is 3.82. The highest BCUT2D eigenvalue weighted by molar-refractivity contribution is 6.05. The van der Waals surface area contributed by atoms with Crippen molar-refractivity contribution in [2.75, 3.05) is 0 Å². The molecular formula is C25H30O7. The zero-order chi connectivity index (χ0) is 24.0. The molecule has 0 spiro atoms. The number of hydrogen-bond acceptors (Lipinski definition) is 7. The summed E-state index contributed by atoms with van der Waals surface area (Å²) in [5, 5.41) is 32.7. The highest BCUT2D eigenvalue weighted by Crippen LogP contribution is 2.48. The third-order valence-electron chi connectivity index (χ3n) is 6.05. The summed E-state index contributed by atoms with van der Waals surface area (Å²) in [4.78, 5) is 25.7. The van der Waals surface area contributed by atoms with Gasteiger partial charge in [0, 0.05) is 29.9 Å². The molecule has 0 amide bonds. The SMILES string of the molecule is CCc1oc(=O)c(Cc2c(O)c3c(c(C(=O)[C@@H](C)CC)c2O)OC(C)(C)C=C3)c(O)c1C. The number of ether oxygens (including phenoxy) is 1. The van der Waals surface area contributed by atoms with E-state index >= 15 is 0 Å². The molecule has 7 nitrogen and oxygen atoms in total. The normalized spacial score (nSPS) is 15.2. The lowest BCUT2D eigenvalue weighted by atomic mass is 9.87. The first-order valence-electron chi connectivity index (χ1n) is 10.8. The Kier molecular flexibility index (Phi) is 6.13. The fraction of sp³-hybridized carbons (Fsp3) is 0.440. The van der Waals surface area contributed by atoms with Crippen LogP contribution in [0.4, 0.5) is 0 Å². The topological polar surface area (TPSA) is 117 Å². The molecule has 0 bridgehead atoms. The molecule has 0 radical (unpaired) electrons. The molecule has 3 N–H and O–H groups in total. The van der Waals surface area contributed by atoms with Crippen molar-refractivity contribution >= 4 is 11.9 Å². The number of ketones is 1. The van der Waals surface area contributed by atoms with Crippen molar-refractivity contribution in [3.8, 4) is 23.0 Å². The average Bonchev–Trinajstić information content (AvgIpc) is 2.74. The Balaban J connectivity index is 2.29. The van der Waals surface area contributed by atoms with E-state index in [0.29, 0.717) is 24.2 Å². The Labute approximate surface area is 187 Å². The molecule has 32 heavy (non-hydrogen) atoms. The third kappa shape index (κ3) is 3.87. The molecule has 1 atom stereocenters. The van der Waals surface area contributed by atoms with Crippen LogP contribution in [0.2, 0.25) is 0 Å². The van der Waals surface area contributed by atoms with Gasteiger partial charge in [-0.1, -0.05) is 20.8 Å². The predicted molar refractivity (Wildman–Crippen MR) is 121 cm³/mol. The molecule has 1 aliphatic heterocycles. The van der Waals surface area contributed by atoms with Crippen LogP contribution < -0.4 is 10.4 Å². The highest BCUT2D eigenvalue weighted by Gasteiger charge is 2.35. The predicted octanol–water partition coefficient (Wildman–Crippen LogP) is 4.63. The number of aryl methyl sites for hydroxylation is 1. The lowest BCUT2D eigenvalue weighted by Crippen LogP contribution is -2.29. The molecule has 1 aromatic heterocycles. The summed E-state index contributed by atoms with van der Waals surface area (Å²) in [5.74, 6) is -1.30. The summed E-state index contributed by atoms with van der Waals surface area (Å²) >= 11 is 0. The number of phenols is 2. The number of carbonyl (C=O) groups is 1. The number of phenolic OH excluding ortho intramolecular Hbond substituents is 2. The molecule has 2 aromatic rings. The lowest BCUT2D eigenvalue weighted by molar-refractivity contribution is 0.0910. The van der Waals surface area contributed by atoms with E-state index in [9.17, 15) is 24.9 Å². The van der Waals surface area contributed by atoms with Crippen LogP contribution in [0, 0.1) is 12.8 Å². The first-order chi connectivity index (χ1) is 14.9. The van der Waals surface area contributed by atoms with Crippen LogP contribution in [-0.2, 0) is 12.8 Å². The minimum absolute atomic E-state index is 0.0367. The van der Waals surface area contributed by atoms with E-state index in [1.54, 1.807) is 46.8 Å². The fourth-order valence-electron chi connectivity index (χ4n) is 3.82. The van der Waals surface area contributed by atoms with Gasteiger partial charge in [0.2, 0.25) is 0 Å². The molecule has 0 unspecified atom stereocenters. The molecule has 172 valence electrons. The van der Waals surface area contributed by atoms with E-state index in [2.05, 4.69) is 0 Å². The Hall–Kier alpha value is -3.22. The average molecular weight is 443 g/mol. The maximum absolute atomic E-state index is 13.2. The lowest BCUT2D eigenvalue weighted by Gasteiger charge is -2.31. The molecule has 2 heterocycles. The van der Waals surface area contributed by atoms with Crippen LogP contribution in [0.25, 0.3) is 6.08 Å². The monoisotopic (exact) mass is 442 g/mol. The van der Waals surface area contributed by atoms with Gasteiger partial charge in [0.1, 0.15) is 39.9 Å². The standard InChI is InChI=1S/C25H30O7/c1-7-12(3)19(26)18-22(29)15(21(28)14-9-10-25(5,6)32-23(14)18)11-16-20(27)13(4)17(8-2)31-24(16)30/h9-10,12,27-29H,7-8,11H2,1-6H3/t12-/m0/s1. The number of fused-ring (bicyclic) bond motifs is 1. The van der Waals surface area contributed by atoms with Crippen LogP contribution in [0.1, 0.15) is 79.4 Å².